The molecule has 2 heterocycles. The standard InChI is InChI=1S/C18H21BrN2O3/c1-2-3-8-24-18(22)16-12-17(21-6-9-23-10-7-21)14-11-13(19)4-5-15(14)20-16/h4-5,11-12H,2-3,6-10H2,1H3. The first-order valence-corrected chi connectivity index (χ1v) is 9.08. The van der Waals surface area contributed by atoms with Gasteiger partial charge < -0.3 is 14.4 Å². The summed E-state index contributed by atoms with van der Waals surface area (Å²) in [5, 5.41) is 1.02. The fourth-order valence-electron chi connectivity index (χ4n) is 2.73. The number of nitrogens with zero attached hydrogens (tertiary/aromatic N) is 2. The molecule has 0 spiro atoms. The monoisotopic (exact) mass is 392 g/mol. The van der Waals surface area contributed by atoms with Crippen molar-refractivity contribution < 1.29 is 14.3 Å². The predicted molar refractivity (Wildman–Crippen MR) is 97.7 cm³/mol. The van der Waals surface area contributed by atoms with Crippen molar-refractivity contribution in [3.63, 3.8) is 0 Å². The number of carbonyl (C=O) groups excluding carboxylic acids is 1. The number of anilines is 1. The van der Waals surface area contributed by atoms with Gasteiger partial charge in [0.2, 0.25) is 0 Å². The second kappa shape index (κ2) is 7.94. The Morgan fingerprint density at radius 1 is 1.33 bits per heavy atom. The SMILES string of the molecule is CCCCOC(=O)c1cc(N2CCOCC2)c2cc(Br)ccc2n1. The van der Waals surface area contributed by atoms with Crippen LogP contribution in [0.2, 0.25) is 0 Å². The van der Waals surface area contributed by atoms with Crippen LogP contribution in [-0.2, 0) is 9.47 Å². The van der Waals surface area contributed by atoms with Crippen molar-refractivity contribution >= 4 is 38.5 Å². The van der Waals surface area contributed by atoms with E-state index < -0.39 is 0 Å². The third-order valence-corrected chi connectivity index (χ3v) is 4.53. The van der Waals surface area contributed by atoms with Gasteiger partial charge in [0, 0.05) is 28.6 Å². The summed E-state index contributed by atoms with van der Waals surface area (Å²) in [6.07, 6.45) is 1.86. The van der Waals surface area contributed by atoms with Crippen molar-refractivity contribution in [3.05, 3.63) is 34.4 Å². The van der Waals surface area contributed by atoms with Gasteiger partial charge in [-0.3, -0.25) is 0 Å². The molecule has 1 fully saturated rings. The fourth-order valence-corrected chi connectivity index (χ4v) is 3.09. The molecule has 1 saturated heterocycles. The van der Waals surface area contributed by atoms with Gasteiger partial charge >= 0.3 is 5.97 Å². The molecule has 128 valence electrons. The van der Waals surface area contributed by atoms with Crippen LogP contribution < -0.4 is 4.90 Å². The summed E-state index contributed by atoms with van der Waals surface area (Å²) in [5.74, 6) is -0.359. The highest BCUT2D eigenvalue weighted by atomic mass is 79.9. The minimum atomic E-state index is -0.359. The van der Waals surface area contributed by atoms with Gasteiger partial charge in [-0.25, -0.2) is 9.78 Å². The van der Waals surface area contributed by atoms with E-state index >= 15 is 0 Å². The van der Waals surface area contributed by atoms with E-state index in [0.717, 1.165) is 47.0 Å². The molecule has 1 aromatic heterocycles. The summed E-state index contributed by atoms with van der Waals surface area (Å²) in [6, 6.07) is 7.74. The lowest BCUT2D eigenvalue weighted by atomic mass is 10.1. The largest absolute Gasteiger partial charge is 0.461 e. The van der Waals surface area contributed by atoms with Crippen molar-refractivity contribution in [2.45, 2.75) is 19.8 Å². The van der Waals surface area contributed by atoms with E-state index in [2.05, 4.69) is 32.7 Å². The average Bonchev–Trinajstić information content (AvgIpc) is 2.61. The lowest BCUT2D eigenvalue weighted by Crippen LogP contribution is -2.36. The molecule has 3 rings (SSSR count). The topological polar surface area (TPSA) is 51.7 Å². The van der Waals surface area contributed by atoms with Crippen molar-refractivity contribution in [2.75, 3.05) is 37.8 Å². The first-order valence-electron chi connectivity index (χ1n) is 8.29. The zero-order valence-corrected chi connectivity index (χ0v) is 15.3. The number of fused-ring (bicyclic) bond motifs is 1. The fraction of sp³-hybridized carbons (Fsp3) is 0.444. The average molecular weight is 393 g/mol. The zero-order valence-electron chi connectivity index (χ0n) is 13.8. The molecule has 1 aliphatic heterocycles. The quantitative estimate of drug-likeness (QED) is 0.572. The maximum atomic E-state index is 12.3. The van der Waals surface area contributed by atoms with Gasteiger partial charge in [0.25, 0.3) is 0 Å². The van der Waals surface area contributed by atoms with E-state index in [1.807, 2.05) is 24.3 Å². The lowest BCUT2D eigenvalue weighted by molar-refractivity contribution is 0.0493. The summed E-state index contributed by atoms with van der Waals surface area (Å²) in [4.78, 5) is 19.1. The van der Waals surface area contributed by atoms with Crippen LogP contribution in [0.3, 0.4) is 0 Å². The van der Waals surface area contributed by atoms with Crippen LogP contribution in [0.5, 0.6) is 0 Å². The summed E-state index contributed by atoms with van der Waals surface area (Å²) in [6.45, 7) is 5.48. The van der Waals surface area contributed by atoms with Gasteiger partial charge in [0.1, 0.15) is 0 Å². The molecule has 0 radical (unpaired) electrons. The third-order valence-electron chi connectivity index (χ3n) is 4.04. The number of benzene rings is 1. The molecule has 0 unspecified atom stereocenters. The highest BCUT2D eigenvalue weighted by Gasteiger charge is 2.19. The predicted octanol–water partition coefficient (Wildman–Crippen LogP) is 3.79. The second-order valence-electron chi connectivity index (χ2n) is 5.78. The van der Waals surface area contributed by atoms with E-state index in [0.29, 0.717) is 25.5 Å². The van der Waals surface area contributed by atoms with Crippen LogP contribution in [0.25, 0.3) is 10.9 Å². The van der Waals surface area contributed by atoms with Crippen molar-refractivity contribution in [3.8, 4) is 0 Å². The number of hydrogen-bond acceptors (Lipinski definition) is 5. The number of halogens is 1. The van der Waals surface area contributed by atoms with E-state index in [9.17, 15) is 4.79 Å². The minimum Gasteiger partial charge on any atom is -0.461 e. The zero-order chi connectivity index (χ0) is 16.9. The van der Waals surface area contributed by atoms with E-state index in [4.69, 9.17) is 9.47 Å². The van der Waals surface area contributed by atoms with Gasteiger partial charge in [-0.15, -0.1) is 0 Å². The molecular formula is C18H21BrN2O3. The normalized spacial score (nSPS) is 14.8. The second-order valence-corrected chi connectivity index (χ2v) is 6.69. The summed E-state index contributed by atoms with van der Waals surface area (Å²) in [7, 11) is 0. The molecule has 0 amide bonds. The third kappa shape index (κ3) is 3.87. The Bertz CT molecular complexity index is 730. The molecule has 2 aromatic rings. The maximum absolute atomic E-state index is 12.3. The number of unbranched alkanes of at least 4 members (excludes halogenated alkanes) is 1. The number of pyridine rings is 1. The molecular weight excluding hydrogens is 372 g/mol. The van der Waals surface area contributed by atoms with Crippen molar-refractivity contribution in [2.24, 2.45) is 0 Å². The first kappa shape index (κ1) is 17.2. The van der Waals surface area contributed by atoms with Crippen LogP contribution in [-0.4, -0.2) is 43.9 Å². The van der Waals surface area contributed by atoms with Crippen LogP contribution >= 0.6 is 15.9 Å². The Hall–Kier alpha value is -1.66. The number of ether oxygens (including phenoxy) is 2. The maximum Gasteiger partial charge on any atom is 0.357 e. The molecule has 0 bridgehead atoms. The number of carbonyl (C=O) groups is 1. The molecule has 1 aliphatic rings. The number of rotatable bonds is 5. The van der Waals surface area contributed by atoms with Gasteiger partial charge in [-0.2, -0.15) is 0 Å². The van der Waals surface area contributed by atoms with E-state index in [-0.39, 0.29) is 5.97 Å². The van der Waals surface area contributed by atoms with Crippen LogP contribution in [0.15, 0.2) is 28.7 Å². The summed E-state index contributed by atoms with van der Waals surface area (Å²) >= 11 is 3.52. The number of morpholine rings is 1. The number of aromatic nitrogens is 1. The van der Waals surface area contributed by atoms with E-state index in [1.165, 1.54) is 0 Å². The molecule has 1 aromatic carbocycles. The lowest BCUT2D eigenvalue weighted by Gasteiger charge is -2.30. The summed E-state index contributed by atoms with van der Waals surface area (Å²) in [5.41, 5.74) is 2.17. The van der Waals surface area contributed by atoms with Crippen molar-refractivity contribution in [1.82, 2.24) is 4.98 Å². The molecule has 0 N–H and O–H groups in total. The Morgan fingerprint density at radius 2 is 2.12 bits per heavy atom. The van der Waals surface area contributed by atoms with Gasteiger partial charge in [-0.05, 0) is 30.7 Å². The van der Waals surface area contributed by atoms with E-state index in [1.54, 1.807) is 0 Å². The van der Waals surface area contributed by atoms with Crippen LogP contribution in [0, 0.1) is 0 Å². The highest BCUT2D eigenvalue weighted by molar-refractivity contribution is 9.10. The van der Waals surface area contributed by atoms with Crippen LogP contribution in [0.1, 0.15) is 30.3 Å². The Kier molecular flexibility index (Phi) is 5.68. The van der Waals surface area contributed by atoms with Gasteiger partial charge in [0.05, 0.1) is 25.3 Å². The molecule has 0 aliphatic carbocycles. The molecule has 0 saturated carbocycles. The molecule has 24 heavy (non-hydrogen) atoms. The molecule has 0 atom stereocenters. The first-order chi connectivity index (χ1) is 11.7. The highest BCUT2D eigenvalue weighted by Crippen LogP contribution is 2.30. The number of esters is 1. The van der Waals surface area contributed by atoms with Gasteiger partial charge in [0.15, 0.2) is 5.69 Å². The summed E-state index contributed by atoms with van der Waals surface area (Å²) < 4.78 is 11.8. The number of hydrogen-bond donors (Lipinski definition) is 0. The van der Waals surface area contributed by atoms with Crippen molar-refractivity contribution in [1.29, 1.82) is 0 Å². The molecule has 6 heteroatoms. The van der Waals surface area contributed by atoms with Gasteiger partial charge in [-0.1, -0.05) is 29.3 Å². The Balaban J connectivity index is 1.98. The Morgan fingerprint density at radius 3 is 2.88 bits per heavy atom. The Labute approximate surface area is 150 Å². The van der Waals surface area contributed by atoms with Crippen LogP contribution in [0.4, 0.5) is 5.69 Å². The molecule has 5 nitrogen and oxygen atoms in total. The smallest absolute Gasteiger partial charge is 0.357 e. The minimum absolute atomic E-state index is 0.359.